The maximum absolute atomic E-state index is 11.8. The van der Waals surface area contributed by atoms with Crippen molar-refractivity contribution in [1.29, 1.82) is 0 Å². The van der Waals surface area contributed by atoms with Gasteiger partial charge < -0.3 is 9.84 Å². The number of rotatable bonds is 4. The standard InChI is InChI=1S/C13H17N5O3S/c1-14-10-8-15-6-5-9(10)13-16-12(17-21-13)11-4-3-7-18(11)22(2,19)20/h5-6,8,11,14H,3-4,7H2,1-2H3. The van der Waals surface area contributed by atoms with Gasteiger partial charge in [-0.05, 0) is 18.9 Å². The van der Waals surface area contributed by atoms with E-state index in [-0.39, 0.29) is 6.04 Å². The highest BCUT2D eigenvalue weighted by molar-refractivity contribution is 7.88. The molecule has 2 aromatic rings. The SMILES string of the molecule is CNc1cnccc1-c1nc(C2CCCN2S(C)(=O)=O)no1. The van der Waals surface area contributed by atoms with Crippen LogP contribution in [0.2, 0.25) is 0 Å². The van der Waals surface area contributed by atoms with E-state index in [1.165, 1.54) is 10.6 Å². The van der Waals surface area contributed by atoms with Crippen LogP contribution in [0, 0.1) is 0 Å². The molecule has 0 aliphatic carbocycles. The molecule has 8 nitrogen and oxygen atoms in total. The highest BCUT2D eigenvalue weighted by Crippen LogP contribution is 2.34. The minimum absolute atomic E-state index is 0.349. The van der Waals surface area contributed by atoms with E-state index < -0.39 is 10.0 Å². The Kier molecular flexibility index (Phi) is 3.83. The van der Waals surface area contributed by atoms with Gasteiger partial charge in [-0.1, -0.05) is 5.16 Å². The molecule has 1 atom stereocenters. The molecule has 3 rings (SSSR count). The summed E-state index contributed by atoms with van der Waals surface area (Å²) in [6, 6.07) is 1.42. The molecule has 0 spiro atoms. The predicted molar refractivity (Wildman–Crippen MR) is 80.6 cm³/mol. The van der Waals surface area contributed by atoms with E-state index in [2.05, 4.69) is 20.4 Å². The number of hydrogen-bond acceptors (Lipinski definition) is 7. The molecule has 0 radical (unpaired) electrons. The molecule has 0 amide bonds. The lowest BCUT2D eigenvalue weighted by Crippen LogP contribution is -2.30. The smallest absolute Gasteiger partial charge is 0.260 e. The van der Waals surface area contributed by atoms with E-state index in [0.29, 0.717) is 24.7 Å². The summed E-state index contributed by atoms with van der Waals surface area (Å²) in [4.78, 5) is 8.41. The lowest BCUT2D eigenvalue weighted by Gasteiger charge is -2.18. The monoisotopic (exact) mass is 323 g/mol. The maximum Gasteiger partial charge on any atom is 0.260 e. The summed E-state index contributed by atoms with van der Waals surface area (Å²) in [6.07, 6.45) is 5.99. The summed E-state index contributed by atoms with van der Waals surface area (Å²) < 4.78 is 30.4. The summed E-state index contributed by atoms with van der Waals surface area (Å²) in [5.74, 6) is 0.749. The number of hydrogen-bond donors (Lipinski definition) is 1. The minimum atomic E-state index is -3.28. The van der Waals surface area contributed by atoms with E-state index in [9.17, 15) is 8.42 Å². The van der Waals surface area contributed by atoms with Crippen molar-refractivity contribution >= 4 is 15.7 Å². The van der Waals surface area contributed by atoms with Crippen LogP contribution in [0.15, 0.2) is 23.0 Å². The first-order chi connectivity index (χ1) is 10.5. The van der Waals surface area contributed by atoms with Crippen LogP contribution in [-0.4, -0.2) is 47.7 Å². The normalized spacial score (nSPS) is 19.5. The number of nitrogens with one attached hydrogen (secondary N) is 1. The van der Waals surface area contributed by atoms with Gasteiger partial charge in [-0.15, -0.1) is 0 Å². The van der Waals surface area contributed by atoms with Crippen LogP contribution in [0.25, 0.3) is 11.5 Å². The summed E-state index contributed by atoms with van der Waals surface area (Å²) in [7, 11) is -1.50. The Morgan fingerprint density at radius 3 is 3.00 bits per heavy atom. The second kappa shape index (κ2) is 5.65. The van der Waals surface area contributed by atoms with Gasteiger partial charge in [0, 0.05) is 19.8 Å². The number of sulfonamides is 1. The number of aromatic nitrogens is 3. The molecule has 118 valence electrons. The third-order valence-electron chi connectivity index (χ3n) is 3.69. The van der Waals surface area contributed by atoms with Gasteiger partial charge in [0.1, 0.15) is 0 Å². The highest BCUT2D eigenvalue weighted by Gasteiger charge is 2.35. The van der Waals surface area contributed by atoms with Crippen molar-refractivity contribution in [3.8, 4) is 11.5 Å². The highest BCUT2D eigenvalue weighted by atomic mass is 32.2. The van der Waals surface area contributed by atoms with Gasteiger partial charge in [-0.25, -0.2) is 8.42 Å². The van der Waals surface area contributed by atoms with Gasteiger partial charge >= 0.3 is 0 Å². The van der Waals surface area contributed by atoms with Gasteiger partial charge in [-0.3, -0.25) is 4.98 Å². The lowest BCUT2D eigenvalue weighted by molar-refractivity contribution is 0.360. The van der Waals surface area contributed by atoms with E-state index in [0.717, 1.165) is 17.7 Å². The Morgan fingerprint density at radius 2 is 2.27 bits per heavy atom. The third-order valence-corrected chi connectivity index (χ3v) is 4.98. The summed E-state index contributed by atoms with van der Waals surface area (Å²) in [6.45, 7) is 0.490. The Morgan fingerprint density at radius 1 is 1.45 bits per heavy atom. The molecule has 9 heteroatoms. The van der Waals surface area contributed by atoms with E-state index in [4.69, 9.17) is 4.52 Å². The molecule has 1 aliphatic rings. The first-order valence-electron chi connectivity index (χ1n) is 6.93. The third kappa shape index (κ3) is 2.69. The number of anilines is 1. The Bertz CT molecular complexity index is 773. The fraction of sp³-hybridized carbons (Fsp3) is 0.462. The van der Waals surface area contributed by atoms with Crippen LogP contribution in [0.1, 0.15) is 24.7 Å². The Labute approximate surface area is 128 Å². The molecule has 1 saturated heterocycles. The molecule has 3 heterocycles. The number of nitrogens with zero attached hydrogens (tertiary/aromatic N) is 4. The summed E-state index contributed by atoms with van der Waals surface area (Å²) in [5.41, 5.74) is 1.50. The predicted octanol–water partition coefficient (Wildman–Crippen LogP) is 1.27. The quantitative estimate of drug-likeness (QED) is 0.904. The zero-order valence-corrected chi connectivity index (χ0v) is 13.2. The molecule has 2 aromatic heterocycles. The van der Waals surface area contributed by atoms with Crippen LogP contribution < -0.4 is 5.32 Å². The second-order valence-electron chi connectivity index (χ2n) is 5.16. The van der Waals surface area contributed by atoms with Gasteiger partial charge in [0.05, 0.1) is 29.7 Å². The molecule has 0 aromatic carbocycles. The van der Waals surface area contributed by atoms with Gasteiger partial charge in [0.2, 0.25) is 10.0 Å². The molecule has 1 fully saturated rings. The molecular formula is C13H17N5O3S. The van der Waals surface area contributed by atoms with Crippen LogP contribution in [0.5, 0.6) is 0 Å². The molecule has 0 saturated carbocycles. The average Bonchev–Trinajstić information content (AvgIpc) is 3.15. The maximum atomic E-state index is 11.8. The Hall–Kier alpha value is -2.00. The van der Waals surface area contributed by atoms with Crippen LogP contribution in [0.4, 0.5) is 5.69 Å². The van der Waals surface area contributed by atoms with Crippen molar-refractivity contribution < 1.29 is 12.9 Å². The molecule has 1 aliphatic heterocycles. The van der Waals surface area contributed by atoms with Crippen molar-refractivity contribution in [1.82, 2.24) is 19.4 Å². The van der Waals surface area contributed by atoms with Crippen LogP contribution in [0.3, 0.4) is 0 Å². The molecule has 22 heavy (non-hydrogen) atoms. The molecule has 1 N–H and O–H groups in total. The fourth-order valence-electron chi connectivity index (χ4n) is 2.65. The largest absolute Gasteiger partial charge is 0.386 e. The lowest BCUT2D eigenvalue weighted by atomic mass is 10.2. The van der Waals surface area contributed by atoms with Gasteiger partial charge in [0.25, 0.3) is 5.89 Å². The zero-order valence-electron chi connectivity index (χ0n) is 12.4. The van der Waals surface area contributed by atoms with Crippen molar-refractivity contribution in [2.75, 3.05) is 25.2 Å². The molecule has 0 bridgehead atoms. The van der Waals surface area contributed by atoms with Crippen molar-refractivity contribution in [2.24, 2.45) is 0 Å². The first-order valence-corrected chi connectivity index (χ1v) is 8.78. The van der Waals surface area contributed by atoms with E-state index >= 15 is 0 Å². The Balaban J connectivity index is 1.94. The van der Waals surface area contributed by atoms with Crippen molar-refractivity contribution in [3.63, 3.8) is 0 Å². The van der Waals surface area contributed by atoms with E-state index in [1.807, 2.05) is 0 Å². The van der Waals surface area contributed by atoms with Gasteiger partial charge in [-0.2, -0.15) is 9.29 Å². The second-order valence-corrected chi connectivity index (χ2v) is 7.10. The van der Waals surface area contributed by atoms with E-state index in [1.54, 1.807) is 25.5 Å². The van der Waals surface area contributed by atoms with Crippen molar-refractivity contribution in [3.05, 3.63) is 24.3 Å². The zero-order chi connectivity index (χ0) is 15.7. The van der Waals surface area contributed by atoms with Crippen LogP contribution in [-0.2, 0) is 10.0 Å². The van der Waals surface area contributed by atoms with Crippen LogP contribution >= 0.6 is 0 Å². The summed E-state index contributed by atoms with van der Waals surface area (Å²) in [5, 5.41) is 6.98. The van der Waals surface area contributed by atoms with Gasteiger partial charge in [0.15, 0.2) is 5.82 Å². The number of pyridine rings is 1. The summed E-state index contributed by atoms with van der Waals surface area (Å²) >= 11 is 0. The first kappa shape index (κ1) is 14.9. The topological polar surface area (TPSA) is 101 Å². The minimum Gasteiger partial charge on any atom is -0.386 e. The average molecular weight is 323 g/mol. The molecular weight excluding hydrogens is 306 g/mol. The van der Waals surface area contributed by atoms with Crippen molar-refractivity contribution in [2.45, 2.75) is 18.9 Å². The molecule has 1 unspecified atom stereocenters. The fourth-order valence-corrected chi connectivity index (χ4v) is 3.78.